The van der Waals surface area contributed by atoms with Gasteiger partial charge in [-0.3, -0.25) is 13.9 Å². The molecule has 1 fully saturated rings. The summed E-state index contributed by atoms with van der Waals surface area (Å²) in [6.07, 6.45) is 5.23. The van der Waals surface area contributed by atoms with Crippen LogP contribution < -0.4 is 11.2 Å². The van der Waals surface area contributed by atoms with Crippen LogP contribution in [-0.2, 0) is 0 Å². The smallest absolute Gasteiger partial charge is 0.269 e. The molecule has 4 heteroatoms. The van der Waals surface area contributed by atoms with Crippen LogP contribution in [0.15, 0.2) is 46.0 Å². The first-order valence-corrected chi connectivity index (χ1v) is 7.59. The molecule has 0 N–H and O–H groups in total. The van der Waals surface area contributed by atoms with Gasteiger partial charge in [0.15, 0.2) is 0 Å². The van der Waals surface area contributed by atoms with Crippen LogP contribution in [0.3, 0.4) is 0 Å². The van der Waals surface area contributed by atoms with Crippen LogP contribution in [0.25, 0.3) is 5.69 Å². The summed E-state index contributed by atoms with van der Waals surface area (Å²) in [7, 11) is 0. The number of aryl methyl sites for hydroxylation is 1. The molecule has 4 nitrogen and oxygen atoms in total. The van der Waals surface area contributed by atoms with E-state index in [4.69, 9.17) is 0 Å². The lowest BCUT2D eigenvalue weighted by molar-refractivity contribution is 0.333. The molecule has 1 aliphatic rings. The molecule has 3 rings (SSSR count). The molecule has 0 radical (unpaired) electrons. The van der Waals surface area contributed by atoms with Gasteiger partial charge in [0.1, 0.15) is 0 Å². The second-order valence-electron chi connectivity index (χ2n) is 5.74. The van der Waals surface area contributed by atoms with Crippen molar-refractivity contribution >= 4 is 0 Å². The van der Waals surface area contributed by atoms with E-state index in [1.807, 2.05) is 30.3 Å². The van der Waals surface area contributed by atoms with Crippen molar-refractivity contribution in [1.82, 2.24) is 9.13 Å². The van der Waals surface area contributed by atoms with Gasteiger partial charge in [-0.25, -0.2) is 4.79 Å². The second kappa shape index (κ2) is 5.72. The number of para-hydroxylation sites is 1. The van der Waals surface area contributed by atoms with Crippen LogP contribution >= 0.6 is 0 Å². The highest BCUT2D eigenvalue weighted by Gasteiger charge is 2.20. The van der Waals surface area contributed by atoms with E-state index in [0.717, 1.165) is 31.4 Å². The standard InChI is InChI=1S/C17H20N2O2/c1-13-12-16(20)19(15-10-6-3-7-11-15)17(21)18(13)14-8-4-2-5-9-14/h2,4-5,8-9,12,15H,3,6-7,10-11H2,1H3. The molecule has 0 aliphatic heterocycles. The summed E-state index contributed by atoms with van der Waals surface area (Å²) in [5, 5.41) is 0. The molecule has 110 valence electrons. The predicted molar refractivity (Wildman–Crippen MR) is 83.2 cm³/mol. The number of nitrogens with zero attached hydrogens (tertiary/aromatic N) is 2. The van der Waals surface area contributed by atoms with Crippen molar-refractivity contribution in [2.45, 2.75) is 45.1 Å². The first-order valence-electron chi connectivity index (χ1n) is 7.59. The first-order chi connectivity index (χ1) is 10.2. The molecule has 1 heterocycles. The van der Waals surface area contributed by atoms with Crippen LogP contribution in [0.2, 0.25) is 0 Å². The normalized spacial score (nSPS) is 16.0. The van der Waals surface area contributed by atoms with Crippen molar-refractivity contribution in [2.24, 2.45) is 0 Å². The Kier molecular flexibility index (Phi) is 3.78. The lowest BCUT2D eigenvalue weighted by Crippen LogP contribution is -2.42. The molecular weight excluding hydrogens is 264 g/mol. The predicted octanol–water partition coefficient (Wildman–Crippen LogP) is 2.81. The summed E-state index contributed by atoms with van der Waals surface area (Å²) < 4.78 is 3.09. The fourth-order valence-electron chi connectivity index (χ4n) is 3.23. The van der Waals surface area contributed by atoms with Crippen LogP contribution in [0.4, 0.5) is 0 Å². The average molecular weight is 284 g/mol. The van der Waals surface area contributed by atoms with Gasteiger partial charge in [-0.1, -0.05) is 37.5 Å². The van der Waals surface area contributed by atoms with Crippen LogP contribution in [0.5, 0.6) is 0 Å². The van der Waals surface area contributed by atoms with Gasteiger partial charge in [0.25, 0.3) is 5.56 Å². The summed E-state index contributed by atoms with van der Waals surface area (Å²) in [6.45, 7) is 1.81. The highest BCUT2D eigenvalue weighted by atomic mass is 16.2. The molecule has 1 saturated carbocycles. The number of rotatable bonds is 2. The Hall–Kier alpha value is -2.10. The molecule has 1 aromatic carbocycles. The third-order valence-electron chi connectivity index (χ3n) is 4.27. The fourth-order valence-corrected chi connectivity index (χ4v) is 3.23. The maximum Gasteiger partial charge on any atom is 0.336 e. The average Bonchev–Trinajstić information content (AvgIpc) is 2.49. The minimum atomic E-state index is -0.210. The van der Waals surface area contributed by atoms with Crippen LogP contribution in [-0.4, -0.2) is 9.13 Å². The topological polar surface area (TPSA) is 44.0 Å². The Labute approximate surface area is 123 Å². The summed E-state index contributed by atoms with van der Waals surface area (Å²) in [6, 6.07) is 11.1. The van der Waals surface area contributed by atoms with Gasteiger partial charge in [-0.2, -0.15) is 0 Å². The molecule has 0 amide bonds. The third kappa shape index (κ3) is 2.58. The van der Waals surface area contributed by atoms with E-state index in [1.165, 1.54) is 11.0 Å². The van der Waals surface area contributed by atoms with Gasteiger partial charge >= 0.3 is 5.69 Å². The molecule has 0 bridgehead atoms. The summed E-state index contributed by atoms with van der Waals surface area (Å²) in [4.78, 5) is 25.1. The summed E-state index contributed by atoms with van der Waals surface area (Å²) >= 11 is 0. The number of aromatic nitrogens is 2. The molecule has 1 aliphatic carbocycles. The summed E-state index contributed by atoms with van der Waals surface area (Å²) in [5.74, 6) is 0. The molecule has 1 aromatic heterocycles. The minimum Gasteiger partial charge on any atom is -0.269 e. The van der Waals surface area contributed by atoms with E-state index in [9.17, 15) is 9.59 Å². The van der Waals surface area contributed by atoms with E-state index in [-0.39, 0.29) is 17.3 Å². The Morgan fingerprint density at radius 2 is 1.67 bits per heavy atom. The van der Waals surface area contributed by atoms with Crippen molar-refractivity contribution < 1.29 is 0 Å². The zero-order valence-corrected chi connectivity index (χ0v) is 12.3. The molecule has 2 aromatic rings. The number of hydrogen-bond donors (Lipinski definition) is 0. The lowest BCUT2D eigenvalue weighted by Gasteiger charge is -2.24. The Morgan fingerprint density at radius 1 is 1.00 bits per heavy atom. The third-order valence-corrected chi connectivity index (χ3v) is 4.27. The lowest BCUT2D eigenvalue weighted by atomic mass is 9.95. The number of benzene rings is 1. The van der Waals surface area contributed by atoms with Crippen molar-refractivity contribution in [1.29, 1.82) is 0 Å². The largest absolute Gasteiger partial charge is 0.336 e. The SMILES string of the molecule is Cc1cc(=O)n(C2CCCCC2)c(=O)n1-c1ccccc1. The summed E-state index contributed by atoms with van der Waals surface area (Å²) in [5.41, 5.74) is 1.11. The molecule has 0 atom stereocenters. The maximum atomic E-state index is 12.8. The van der Waals surface area contributed by atoms with Gasteiger partial charge in [0.2, 0.25) is 0 Å². The van der Waals surface area contributed by atoms with Crippen molar-refractivity contribution in [3.05, 3.63) is 62.9 Å². The molecular formula is C17H20N2O2. The van der Waals surface area contributed by atoms with Gasteiger partial charge in [0.05, 0.1) is 5.69 Å². The Bertz CT molecular complexity index is 738. The fraction of sp³-hybridized carbons (Fsp3) is 0.412. The van der Waals surface area contributed by atoms with E-state index in [1.54, 1.807) is 17.6 Å². The van der Waals surface area contributed by atoms with Gasteiger partial charge in [-0.05, 0) is 31.9 Å². The molecule has 21 heavy (non-hydrogen) atoms. The highest BCUT2D eigenvalue weighted by Crippen LogP contribution is 2.25. The second-order valence-corrected chi connectivity index (χ2v) is 5.74. The Balaban J connectivity index is 2.18. The minimum absolute atomic E-state index is 0.0503. The highest BCUT2D eigenvalue weighted by molar-refractivity contribution is 5.33. The van der Waals surface area contributed by atoms with Crippen molar-refractivity contribution in [3.63, 3.8) is 0 Å². The van der Waals surface area contributed by atoms with Crippen LogP contribution in [0, 0.1) is 6.92 Å². The molecule has 0 spiro atoms. The van der Waals surface area contributed by atoms with Crippen LogP contribution in [0.1, 0.15) is 43.8 Å². The Morgan fingerprint density at radius 3 is 2.33 bits per heavy atom. The zero-order valence-electron chi connectivity index (χ0n) is 12.3. The first kappa shape index (κ1) is 13.9. The van der Waals surface area contributed by atoms with Gasteiger partial charge in [0, 0.05) is 17.8 Å². The molecule has 0 unspecified atom stereocenters. The maximum absolute atomic E-state index is 12.8. The quantitative estimate of drug-likeness (QED) is 0.851. The van der Waals surface area contributed by atoms with Gasteiger partial charge in [-0.15, -0.1) is 0 Å². The van der Waals surface area contributed by atoms with Gasteiger partial charge < -0.3 is 0 Å². The van der Waals surface area contributed by atoms with E-state index >= 15 is 0 Å². The zero-order chi connectivity index (χ0) is 14.8. The van der Waals surface area contributed by atoms with Crippen molar-refractivity contribution in [3.8, 4) is 5.69 Å². The van der Waals surface area contributed by atoms with E-state index < -0.39 is 0 Å². The van der Waals surface area contributed by atoms with E-state index in [0.29, 0.717) is 5.69 Å². The monoisotopic (exact) mass is 284 g/mol. The number of hydrogen-bond acceptors (Lipinski definition) is 2. The molecule has 0 saturated heterocycles. The van der Waals surface area contributed by atoms with Crippen molar-refractivity contribution in [2.75, 3.05) is 0 Å². The van der Waals surface area contributed by atoms with E-state index in [2.05, 4.69) is 0 Å².